The zero-order chi connectivity index (χ0) is 14.3. The van der Waals surface area contributed by atoms with Crippen LogP contribution in [0.1, 0.15) is 11.3 Å². The summed E-state index contributed by atoms with van der Waals surface area (Å²) in [6.45, 7) is 1.93. The summed E-state index contributed by atoms with van der Waals surface area (Å²) in [4.78, 5) is 4.48. The van der Waals surface area contributed by atoms with Gasteiger partial charge >= 0.3 is 0 Å². The highest BCUT2D eigenvalue weighted by Gasteiger charge is 2.12. The van der Waals surface area contributed by atoms with Crippen LogP contribution in [0.3, 0.4) is 0 Å². The molecule has 0 saturated heterocycles. The second-order valence-corrected chi connectivity index (χ2v) is 4.59. The van der Waals surface area contributed by atoms with Gasteiger partial charge in [0.1, 0.15) is 5.84 Å². The Bertz CT molecular complexity index is 800. The molecule has 0 bridgehead atoms. The van der Waals surface area contributed by atoms with Crippen LogP contribution in [0.5, 0.6) is 0 Å². The van der Waals surface area contributed by atoms with Crippen molar-refractivity contribution in [1.82, 2.24) is 14.6 Å². The predicted molar refractivity (Wildman–Crippen MR) is 78.6 cm³/mol. The van der Waals surface area contributed by atoms with E-state index in [2.05, 4.69) is 10.1 Å². The molecule has 0 aliphatic heterocycles. The molecule has 0 radical (unpaired) electrons. The Morgan fingerprint density at radius 1 is 1.15 bits per heavy atom. The first kappa shape index (κ1) is 12.2. The van der Waals surface area contributed by atoms with Crippen molar-refractivity contribution in [2.24, 2.45) is 5.73 Å². The van der Waals surface area contributed by atoms with E-state index >= 15 is 0 Å². The summed E-state index contributed by atoms with van der Waals surface area (Å²) in [5.41, 5.74) is 14.9. The van der Waals surface area contributed by atoms with E-state index in [4.69, 9.17) is 16.9 Å². The number of rotatable bonds is 2. The third-order valence-electron chi connectivity index (χ3n) is 3.13. The molecule has 0 fully saturated rings. The predicted octanol–water partition coefficient (Wildman–Crippen LogP) is 1.57. The lowest BCUT2D eigenvalue weighted by atomic mass is 10.2. The average molecular weight is 266 g/mol. The highest BCUT2D eigenvalue weighted by molar-refractivity contribution is 6.00. The van der Waals surface area contributed by atoms with E-state index in [1.807, 2.05) is 25.1 Å². The maximum atomic E-state index is 7.61. The quantitative estimate of drug-likeness (QED) is 0.372. The first-order valence-electron chi connectivity index (χ1n) is 6.13. The molecule has 0 atom stereocenters. The number of fused-ring (bicyclic) bond motifs is 1. The van der Waals surface area contributed by atoms with Crippen LogP contribution < -0.4 is 11.5 Å². The number of hydrogen-bond donors (Lipinski definition) is 3. The molecular formula is C14H14N6. The van der Waals surface area contributed by atoms with Crippen molar-refractivity contribution >= 4 is 17.2 Å². The minimum Gasteiger partial charge on any atom is -0.399 e. The molecule has 2 heterocycles. The average Bonchev–Trinajstić information content (AvgIpc) is 2.85. The smallest absolute Gasteiger partial charge is 0.182 e. The Morgan fingerprint density at radius 3 is 2.50 bits per heavy atom. The second kappa shape index (κ2) is 4.34. The molecule has 1 aromatic carbocycles. The van der Waals surface area contributed by atoms with Gasteiger partial charge in [0.15, 0.2) is 11.5 Å². The maximum Gasteiger partial charge on any atom is 0.182 e. The lowest BCUT2D eigenvalue weighted by molar-refractivity contribution is 0.917. The maximum absolute atomic E-state index is 7.61. The number of benzene rings is 1. The van der Waals surface area contributed by atoms with E-state index in [9.17, 15) is 0 Å². The molecule has 0 unspecified atom stereocenters. The Morgan fingerprint density at radius 2 is 1.85 bits per heavy atom. The molecule has 0 saturated carbocycles. The number of hydrogen-bond acceptors (Lipinski definition) is 4. The number of aromatic nitrogens is 3. The molecule has 0 amide bonds. The van der Waals surface area contributed by atoms with Crippen LogP contribution >= 0.6 is 0 Å². The summed E-state index contributed by atoms with van der Waals surface area (Å²) < 4.78 is 1.70. The number of amidine groups is 1. The zero-order valence-corrected chi connectivity index (χ0v) is 11.0. The van der Waals surface area contributed by atoms with Gasteiger partial charge in [-0.2, -0.15) is 0 Å². The molecular weight excluding hydrogens is 252 g/mol. The largest absolute Gasteiger partial charge is 0.399 e. The minimum atomic E-state index is -0.0220. The van der Waals surface area contributed by atoms with E-state index < -0.39 is 0 Å². The van der Waals surface area contributed by atoms with Crippen LogP contribution in [0.25, 0.3) is 17.0 Å². The van der Waals surface area contributed by atoms with E-state index in [0.29, 0.717) is 22.7 Å². The van der Waals surface area contributed by atoms with E-state index in [1.165, 1.54) is 0 Å². The van der Waals surface area contributed by atoms with Gasteiger partial charge < -0.3 is 11.5 Å². The van der Waals surface area contributed by atoms with Crippen molar-refractivity contribution in [3.8, 4) is 11.4 Å². The van der Waals surface area contributed by atoms with Crippen LogP contribution in [0.4, 0.5) is 5.69 Å². The molecule has 0 aliphatic rings. The normalized spacial score (nSPS) is 10.8. The highest BCUT2D eigenvalue weighted by Crippen LogP contribution is 2.20. The molecule has 3 aromatic rings. The lowest BCUT2D eigenvalue weighted by Gasteiger charge is -2.02. The Labute approximate surface area is 115 Å². The summed E-state index contributed by atoms with van der Waals surface area (Å²) in [5.74, 6) is 0.563. The van der Waals surface area contributed by atoms with Crippen LogP contribution in [0.15, 0.2) is 36.4 Å². The first-order chi connectivity index (χ1) is 9.56. The van der Waals surface area contributed by atoms with E-state index in [1.54, 1.807) is 22.7 Å². The monoisotopic (exact) mass is 266 g/mol. The Kier molecular flexibility index (Phi) is 2.64. The summed E-state index contributed by atoms with van der Waals surface area (Å²) in [5, 5.41) is 12.1. The van der Waals surface area contributed by atoms with Crippen LogP contribution in [0, 0.1) is 12.3 Å². The fourth-order valence-corrected chi connectivity index (χ4v) is 2.05. The first-order valence-corrected chi connectivity index (χ1v) is 6.13. The van der Waals surface area contributed by atoms with Crippen molar-refractivity contribution in [1.29, 1.82) is 5.41 Å². The Balaban J connectivity index is 2.24. The molecule has 6 heteroatoms. The number of nitrogens with zero attached hydrogens (tertiary/aromatic N) is 3. The van der Waals surface area contributed by atoms with Crippen molar-refractivity contribution < 1.29 is 0 Å². The molecule has 100 valence electrons. The zero-order valence-electron chi connectivity index (χ0n) is 11.0. The number of nitrogen functional groups attached to an aromatic ring is 2. The van der Waals surface area contributed by atoms with E-state index in [-0.39, 0.29) is 5.84 Å². The molecule has 6 nitrogen and oxygen atoms in total. The van der Waals surface area contributed by atoms with Gasteiger partial charge in [0, 0.05) is 16.9 Å². The van der Waals surface area contributed by atoms with Crippen molar-refractivity contribution in [2.45, 2.75) is 6.92 Å². The standard InChI is InChI=1S/C14H14N6/c1-8-2-7-11(12(16)17)14-18-13(19-20(8)14)9-3-5-10(15)6-4-9/h2-7H,15H2,1H3,(H3,16,17). The van der Waals surface area contributed by atoms with Crippen molar-refractivity contribution in [3.05, 3.63) is 47.7 Å². The molecule has 3 rings (SSSR count). The topological polar surface area (TPSA) is 106 Å². The number of nitrogens with one attached hydrogen (secondary N) is 1. The van der Waals surface area contributed by atoms with Crippen LogP contribution in [-0.4, -0.2) is 20.4 Å². The van der Waals surface area contributed by atoms with Crippen molar-refractivity contribution in [2.75, 3.05) is 5.73 Å². The minimum absolute atomic E-state index is 0.0220. The summed E-state index contributed by atoms with van der Waals surface area (Å²) in [7, 11) is 0. The molecule has 5 N–H and O–H groups in total. The van der Waals surface area contributed by atoms with Crippen molar-refractivity contribution in [3.63, 3.8) is 0 Å². The number of aryl methyl sites for hydroxylation is 1. The van der Waals surface area contributed by atoms with Gasteiger partial charge in [-0.05, 0) is 43.3 Å². The lowest BCUT2D eigenvalue weighted by Crippen LogP contribution is -2.13. The van der Waals surface area contributed by atoms with Gasteiger partial charge in [-0.15, -0.1) is 5.10 Å². The van der Waals surface area contributed by atoms with Gasteiger partial charge in [0.2, 0.25) is 0 Å². The van der Waals surface area contributed by atoms with Gasteiger partial charge in [-0.3, -0.25) is 5.41 Å². The number of anilines is 1. The van der Waals surface area contributed by atoms with Gasteiger partial charge in [0.05, 0.1) is 5.56 Å². The second-order valence-electron chi connectivity index (χ2n) is 4.59. The van der Waals surface area contributed by atoms with Crippen LogP contribution in [0.2, 0.25) is 0 Å². The molecule has 0 aliphatic carbocycles. The molecule has 20 heavy (non-hydrogen) atoms. The fourth-order valence-electron chi connectivity index (χ4n) is 2.05. The van der Waals surface area contributed by atoms with Crippen LogP contribution in [-0.2, 0) is 0 Å². The Hall–Kier alpha value is -2.89. The SMILES string of the molecule is Cc1ccc(C(=N)N)c2nc(-c3ccc(N)cc3)nn12. The van der Waals surface area contributed by atoms with Gasteiger partial charge in [-0.25, -0.2) is 9.50 Å². The third-order valence-corrected chi connectivity index (χ3v) is 3.13. The summed E-state index contributed by atoms with van der Waals surface area (Å²) in [6.07, 6.45) is 0. The molecule has 0 spiro atoms. The van der Waals surface area contributed by atoms with Gasteiger partial charge in [0.25, 0.3) is 0 Å². The number of nitrogens with two attached hydrogens (primary N) is 2. The van der Waals surface area contributed by atoms with E-state index in [0.717, 1.165) is 11.3 Å². The van der Waals surface area contributed by atoms with Gasteiger partial charge in [-0.1, -0.05) is 0 Å². The third kappa shape index (κ3) is 1.87. The highest BCUT2D eigenvalue weighted by atomic mass is 15.3. The fraction of sp³-hybridized carbons (Fsp3) is 0.0714. The number of pyridine rings is 1. The molecule has 2 aromatic heterocycles. The summed E-state index contributed by atoms with van der Waals surface area (Å²) >= 11 is 0. The summed E-state index contributed by atoms with van der Waals surface area (Å²) in [6, 6.07) is 11.0.